The van der Waals surface area contributed by atoms with Crippen LogP contribution in [0, 0.1) is 0 Å². The topological polar surface area (TPSA) is 46.5 Å². The summed E-state index contributed by atoms with van der Waals surface area (Å²) in [6, 6.07) is 14.8. The molecule has 0 saturated carbocycles. The van der Waals surface area contributed by atoms with Crippen molar-refractivity contribution in [3.05, 3.63) is 70.8 Å². The van der Waals surface area contributed by atoms with Crippen LogP contribution < -0.4 is 0 Å². The first-order valence-corrected chi connectivity index (χ1v) is 6.77. The SMILES string of the molecule is CC(=O)c1cccc(C=NCc2cccc(C(C)=O)c2)c1. The van der Waals surface area contributed by atoms with Gasteiger partial charge in [-0.15, -0.1) is 0 Å². The van der Waals surface area contributed by atoms with Crippen molar-refractivity contribution in [3.8, 4) is 0 Å². The van der Waals surface area contributed by atoms with Gasteiger partial charge < -0.3 is 0 Å². The maximum absolute atomic E-state index is 11.3. The van der Waals surface area contributed by atoms with E-state index < -0.39 is 0 Å². The molecule has 0 spiro atoms. The maximum atomic E-state index is 11.3. The summed E-state index contributed by atoms with van der Waals surface area (Å²) in [6.45, 7) is 3.60. The van der Waals surface area contributed by atoms with Gasteiger partial charge >= 0.3 is 0 Å². The van der Waals surface area contributed by atoms with E-state index in [1.54, 1.807) is 32.2 Å². The molecule has 0 unspecified atom stereocenters. The largest absolute Gasteiger partial charge is 0.295 e. The average Bonchev–Trinajstić information content (AvgIpc) is 2.48. The summed E-state index contributed by atoms with van der Waals surface area (Å²) in [5.74, 6) is 0.0920. The molecule has 0 amide bonds. The number of carbonyl (C=O) groups is 2. The van der Waals surface area contributed by atoms with Crippen molar-refractivity contribution >= 4 is 17.8 Å². The van der Waals surface area contributed by atoms with E-state index in [2.05, 4.69) is 4.99 Å². The molecule has 0 aliphatic rings. The Morgan fingerprint density at radius 1 is 0.952 bits per heavy atom. The molecule has 0 atom stereocenters. The second-order valence-electron chi connectivity index (χ2n) is 4.91. The second kappa shape index (κ2) is 6.75. The molecule has 106 valence electrons. The Balaban J connectivity index is 2.09. The Labute approximate surface area is 124 Å². The standard InChI is InChI=1S/C18H17NO2/c1-13(20)17-7-3-5-15(9-17)11-19-12-16-6-4-8-18(10-16)14(2)21/h3-11H,12H2,1-2H3. The summed E-state index contributed by atoms with van der Waals surface area (Å²) < 4.78 is 0. The fraction of sp³-hybridized carbons (Fsp3) is 0.167. The van der Waals surface area contributed by atoms with Crippen LogP contribution in [0.15, 0.2) is 53.5 Å². The van der Waals surface area contributed by atoms with Crippen molar-refractivity contribution < 1.29 is 9.59 Å². The smallest absolute Gasteiger partial charge is 0.159 e. The van der Waals surface area contributed by atoms with Crippen LogP contribution in [0.1, 0.15) is 45.7 Å². The van der Waals surface area contributed by atoms with E-state index >= 15 is 0 Å². The van der Waals surface area contributed by atoms with Crippen LogP contribution >= 0.6 is 0 Å². The predicted molar refractivity (Wildman–Crippen MR) is 84.2 cm³/mol. The maximum Gasteiger partial charge on any atom is 0.159 e. The van der Waals surface area contributed by atoms with Crippen LogP contribution in [0.5, 0.6) is 0 Å². The quantitative estimate of drug-likeness (QED) is 0.618. The van der Waals surface area contributed by atoms with E-state index in [0.29, 0.717) is 17.7 Å². The summed E-state index contributed by atoms with van der Waals surface area (Å²) >= 11 is 0. The van der Waals surface area contributed by atoms with E-state index in [9.17, 15) is 9.59 Å². The van der Waals surface area contributed by atoms with Gasteiger partial charge in [-0.1, -0.05) is 36.4 Å². The number of carbonyl (C=O) groups excluding carboxylic acids is 2. The Hall–Kier alpha value is -2.55. The van der Waals surface area contributed by atoms with Crippen LogP contribution in [0.25, 0.3) is 0 Å². The van der Waals surface area contributed by atoms with Crippen molar-refractivity contribution in [1.82, 2.24) is 0 Å². The molecule has 2 aromatic carbocycles. The highest BCUT2D eigenvalue weighted by Crippen LogP contribution is 2.08. The third-order valence-electron chi connectivity index (χ3n) is 3.14. The Morgan fingerprint density at radius 3 is 2.24 bits per heavy atom. The highest BCUT2D eigenvalue weighted by molar-refractivity contribution is 5.96. The molecular weight excluding hydrogens is 262 g/mol. The third kappa shape index (κ3) is 4.21. The van der Waals surface area contributed by atoms with Gasteiger partial charge in [0.05, 0.1) is 6.54 Å². The van der Waals surface area contributed by atoms with Crippen LogP contribution in [-0.2, 0) is 6.54 Å². The van der Waals surface area contributed by atoms with E-state index in [4.69, 9.17) is 0 Å². The fourth-order valence-corrected chi connectivity index (χ4v) is 1.98. The summed E-state index contributed by atoms with van der Waals surface area (Å²) in [5.41, 5.74) is 3.26. The van der Waals surface area contributed by atoms with Crippen molar-refractivity contribution in [2.24, 2.45) is 4.99 Å². The molecule has 2 rings (SSSR count). The highest BCUT2D eigenvalue weighted by Gasteiger charge is 2.00. The molecule has 0 aliphatic carbocycles. The van der Waals surface area contributed by atoms with Gasteiger partial charge in [0.25, 0.3) is 0 Å². The minimum atomic E-state index is 0.0411. The number of hydrogen-bond donors (Lipinski definition) is 0. The molecule has 0 aliphatic heterocycles. The zero-order valence-electron chi connectivity index (χ0n) is 12.2. The predicted octanol–water partition coefficient (Wildman–Crippen LogP) is 3.71. The number of Topliss-reactive ketones (excluding diaryl/α,β-unsaturated/α-hetero) is 2. The van der Waals surface area contributed by atoms with E-state index in [1.165, 1.54) is 0 Å². The molecule has 0 aromatic heterocycles. The van der Waals surface area contributed by atoms with E-state index in [0.717, 1.165) is 11.1 Å². The summed E-state index contributed by atoms with van der Waals surface area (Å²) in [7, 11) is 0. The molecule has 21 heavy (non-hydrogen) atoms. The van der Waals surface area contributed by atoms with Gasteiger partial charge in [-0.25, -0.2) is 0 Å². The number of nitrogens with zero attached hydrogens (tertiary/aromatic N) is 1. The monoisotopic (exact) mass is 279 g/mol. The van der Waals surface area contributed by atoms with Crippen molar-refractivity contribution in [2.45, 2.75) is 20.4 Å². The lowest BCUT2D eigenvalue weighted by molar-refractivity contribution is 0.100. The van der Waals surface area contributed by atoms with Gasteiger partial charge in [0.15, 0.2) is 11.6 Å². The Bertz CT molecular complexity index is 702. The minimum absolute atomic E-state index is 0.0411. The van der Waals surface area contributed by atoms with E-state index in [-0.39, 0.29) is 11.6 Å². The average molecular weight is 279 g/mol. The normalized spacial score (nSPS) is 10.8. The number of rotatable bonds is 5. The Kier molecular flexibility index (Phi) is 4.77. The highest BCUT2D eigenvalue weighted by atomic mass is 16.1. The first-order chi connectivity index (χ1) is 10.1. The van der Waals surface area contributed by atoms with Crippen LogP contribution in [0.3, 0.4) is 0 Å². The number of benzene rings is 2. The van der Waals surface area contributed by atoms with Gasteiger partial charge in [-0.2, -0.15) is 0 Å². The number of ketones is 2. The number of aliphatic imine (C=N–C) groups is 1. The van der Waals surface area contributed by atoms with Gasteiger partial charge in [0.2, 0.25) is 0 Å². The lowest BCUT2D eigenvalue weighted by Gasteiger charge is -2.00. The van der Waals surface area contributed by atoms with Crippen LogP contribution in [-0.4, -0.2) is 17.8 Å². The molecule has 3 nitrogen and oxygen atoms in total. The lowest BCUT2D eigenvalue weighted by Crippen LogP contribution is -1.94. The fourth-order valence-electron chi connectivity index (χ4n) is 1.98. The molecule has 0 N–H and O–H groups in total. The van der Waals surface area contributed by atoms with Gasteiger partial charge in [0.1, 0.15) is 0 Å². The molecular formula is C18H17NO2. The van der Waals surface area contributed by atoms with Crippen LogP contribution in [0.4, 0.5) is 0 Å². The summed E-state index contributed by atoms with van der Waals surface area (Å²) in [4.78, 5) is 27.0. The van der Waals surface area contributed by atoms with Crippen molar-refractivity contribution in [3.63, 3.8) is 0 Å². The molecule has 3 heteroatoms. The Morgan fingerprint density at radius 2 is 1.57 bits per heavy atom. The second-order valence-corrected chi connectivity index (χ2v) is 4.91. The summed E-state index contributed by atoms with van der Waals surface area (Å²) in [5, 5.41) is 0. The third-order valence-corrected chi connectivity index (χ3v) is 3.14. The van der Waals surface area contributed by atoms with E-state index in [1.807, 2.05) is 36.4 Å². The first kappa shape index (κ1) is 14.9. The molecule has 0 fully saturated rings. The molecule has 2 aromatic rings. The van der Waals surface area contributed by atoms with Crippen LogP contribution in [0.2, 0.25) is 0 Å². The molecule has 0 radical (unpaired) electrons. The van der Waals surface area contributed by atoms with Gasteiger partial charge in [0, 0.05) is 17.3 Å². The minimum Gasteiger partial charge on any atom is -0.295 e. The first-order valence-electron chi connectivity index (χ1n) is 6.77. The molecule has 0 bridgehead atoms. The zero-order chi connectivity index (χ0) is 15.2. The molecule has 0 heterocycles. The van der Waals surface area contributed by atoms with Gasteiger partial charge in [-0.3, -0.25) is 14.6 Å². The molecule has 0 saturated heterocycles. The van der Waals surface area contributed by atoms with Crippen molar-refractivity contribution in [2.75, 3.05) is 0 Å². The lowest BCUT2D eigenvalue weighted by atomic mass is 10.1. The summed E-state index contributed by atoms with van der Waals surface area (Å²) in [6.07, 6.45) is 1.74. The van der Waals surface area contributed by atoms with Gasteiger partial charge in [-0.05, 0) is 37.1 Å². The van der Waals surface area contributed by atoms with Crippen molar-refractivity contribution in [1.29, 1.82) is 0 Å². The number of hydrogen-bond acceptors (Lipinski definition) is 3. The zero-order valence-corrected chi connectivity index (χ0v) is 12.2.